The van der Waals surface area contributed by atoms with Crippen LogP contribution in [0.25, 0.3) is 5.69 Å². The van der Waals surface area contributed by atoms with E-state index in [-0.39, 0.29) is 23.5 Å². The molecule has 0 atom stereocenters. The first kappa shape index (κ1) is 19.2. The van der Waals surface area contributed by atoms with Crippen LogP contribution >= 0.6 is 11.6 Å². The minimum Gasteiger partial charge on any atom is -0.495 e. The molecule has 9 nitrogen and oxygen atoms in total. The van der Waals surface area contributed by atoms with Gasteiger partial charge in [0.05, 0.1) is 31.6 Å². The molecule has 1 fully saturated rings. The lowest BCUT2D eigenvalue weighted by molar-refractivity contribution is 0.0336. The van der Waals surface area contributed by atoms with Crippen molar-refractivity contribution in [1.29, 1.82) is 0 Å². The SMILES string of the molecule is COc1ccc(Cl)cc1-n1c(=O)[nH]c(C(=O)O)c(CN2CCOCC2)c1=O. The first-order chi connectivity index (χ1) is 12.9. The number of nitrogens with zero attached hydrogens (tertiary/aromatic N) is 2. The topological polar surface area (TPSA) is 114 Å². The third-order valence-electron chi connectivity index (χ3n) is 4.28. The molecule has 1 saturated heterocycles. The second-order valence-electron chi connectivity index (χ2n) is 5.93. The van der Waals surface area contributed by atoms with Crippen molar-refractivity contribution >= 4 is 17.6 Å². The Balaban J connectivity index is 2.20. The molecule has 0 radical (unpaired) electrons. The number of carboxylic acid groups (broad SMARTS) is 1. The number of halogens is 1. The summed E-state index contributed by atoms with van der Waals surface area (Å²) in [6, 6.07) is 4.50. The lowest BCUT2D eigenvalue weighted by atomic mass is 10.2. The molecule has 1 aromatic carbocycles. The van der Waals surface area contributed by atoms with E-state index in [0.717, 1.165) is 4.57 Å². The van der Waals surface area contributed by atoms with Crippen molar-refractivity contribution in [2.45, 2.75) is 6.54 Å². The monoisotopic (exact) mass is 395 g/mol. The van der Waals surface area contributed by atoms with Crippen molar-refractivity contribution in [3.8, 4) is 11.4 Å². The lowest BCUT2D eigenvalue weighted by Gasteiger charge is -2.26. The fourth-order valence-electron chi connectivity index (χ4n) is 2.94. The Labute approximate surface area is 158 Å². The van der Waals surface area contributed by atoms with Gasteiger partial charge in [0.15, 0.2) is 0 Å². The van der Waals surface area contributed by atoms with E-state index in [4.69, 9.17) is 21.1 Å². The molecule has 144 valence electrons. The Bertz CT molecular complexity index is 978. The van der Waals surface area contributed by atoms with Crippen molar-refractivity contribution in [3.05, 3.63) is 55.3 Å². The minimum atomic E-state index is -1.38. The normalized spacial score (nSPS) is 14.9. The van der Waals surface area contributed by atoms with E-state index in [1.807, 2.05) is 4.90 Å². The van der Waals surface area contributed by atoms with Crippen LogP contribution in [0.15, 0.2) is 27.8 Å². The Morgan fingerprint density at radius 3 is 2.67 bits per heavy atom. The van der Waals surface area contributed by atoms with Crippen molar-refractivity contribution in [2.24, 2.45) is 0 Å². The third-order valence-corrected chi connectivity index (χ3v) is 4.51. The summed E-state index contributed by atoms with van der Waals surface area (Å²) >= 11 is 6.01. The van der Waals surface area contributed by atoms with Crippen LogP contribution in [-0.2, 0) is 11.3 Å². The molecular formula is C17H18ClN3O6. The van der Waals surface area contributed by atoms with Crippen LogP contribution in [0.2, 0.25) is 5.02 Å². The van der Waals surface area contributed by atoms with E-state index in [1.54, 1.807) is 6.07 Å². The van der Waals surface area contributed by atoms with Crippen LogP contribution in [-0.4, -0.2) is 58.9 Å². The van der Waals surface area contributed by atoms with Crippen LogP contribution in [0.4, 0.5) is 0 Å². The summed E-state index contributed by atoms with van der Waals surface area (Å²) in [5.41, 5.74) is -1.93. The van der Waals surface area contributed by atoms with E-state index < -0.39 is 22.9 Å². The zero-order valence-electron chi connectivity index (χ0n) is 14.5. The van der Waals surface area contributed by atoms with Gasteiger partial charge in [-0.1, -0.05) is 11.6 Å². The van der Waals surface area contributed by atoms with Gasteiger partial charge < -0.3 is 19.6 Å². The van der Waals surface area contributed by atoms with Gasteiger partial charge >= 0.3 is 11.7 Å². The fraction of sp³-hybridized carbons (Fsp3) is 0.353. The van der Waals surface area contributed by atoms with Crippen LogP contribution in [0.3, 0.4) is 0 Å². The largest absolute Gasteiger partial charge is 0.495 e. The zero-order valence-corrected chi connectivity index (χ0v) is 15.3. The highest BCUT2D eigenvalue weighted by molar-refractivity contribution is 6.30. The number of morpholine rings is 1. The van der Waals surface area contributed by atoms with E-state index in [9.17, 15) is 19.5 Å². The Morgan fingerprint density at radius 1 is 1.33 bits per heavy atom. The highest BCUT2D eigenvalue weighted by Gasteiger charge is 2.24. The number of nitrogens with one attached hydrogen (secondary N) is 1. The van der Waals surface area contributed by atoms with E-state index in [0.29, 0.717) is 31.3 Å². The molecule has 1 aliphatic rings. The first-order valence-corrected chi connectivity index (χ1v) is 8.55. The average molecular weight is 396 g/mol. The average Bonchev–Trinajstić information content (AvgIpc) is 2.65. The summed E-state index contributed by atoms with van der Waals surface area (Å²) in [4.78, 5) is 41.4. The number of carboxylic acids is 1. The predicted octanol–water partition coefficient (Wildman–Crippen LogP) is 0.718. The molecule has 0 aliphatic carbocycles. The highest BCUT2D eigenvalue weighted by Crippen LogP contribution is 2.24. The number of aromatic amines is 1. The van der Waals surface area contributed by atoms with Crippen LogP contribution in [0.5, 0.6) is 5.75 Å². The van der Waals surface area contributed by atoms with Crippen molar-refractivity contribution < 1.29 is 19.4 Å². The number of ether oxygens (including phenoxy) is 2. The summed E-state index contributed by atoms with van der Waals surface area (Å²) in [6.45, 7) is 2.16. The molecule has 27 heavy (non-hydrogen) atoms. The molecule has 1 aromatic heterocycles. The third kappa shape index (κ3) is 3.90. The van der Waals surface area contributed by atoms with Gasteiger partial charge in [0.1, 0.15) is 11.4 Å². The molecule has 0 bridgehead atoms. The molecule has 2 aromatic rings. The molecule has 0 saturated carbocycles. The summed E-state index contributed by atoms with van der Waals surface area (Å²) in [5.74, 6) is -1.12. The number of methoxy groups -OCH3 is 1. The summed E-state index contributed by atoms with van der Waals surface area (Å²) in [6.07, 6.45) is 0. The van der Waals surface area contributed by atoms with E-state index in [1.165, 1.54) is 19.2 Å². The molecule has 10 heteroatoms. The van der Waals surface area contributed by atoms with Crippen LogP contribution < -0.4 is 16.0 Å². The molecule has 2 heterocycles. The van der Waals surface area contributed by atoms with Gasteiger partial charge in [0.25, 0.3) is 5.56 Å². The number of carbonyl (C=O) groups is 1. The summed E-state index contributed by atoms with van der Waals surface area (Å²) in [7, 11) is 1.40. The lowest BCUT2D eigenvalue weighted by Crippen LogP contribution is -2.43. The molecule has 0 amide bonds. The van der Waals surface area contributed by atoms with Gasteiger partial charge in [0.2, 0.25) is 0 Å². The number of benzene rings is 1. The smallest absolute Gasteiger partial charge is 0.352 e. The molecule has 3 rings (SSSR count). The van der Waals surface area contributed by atoms with Gasteiger partial charge in [-0.05, 0) is 18.2 Å². The quantitative estimate of drug-likeness (QED) is 0.766. The molecule has 2 N–H and O–H groups in total. The maximum Gasteiger partial charge on any atom is 0.352 e. The maximum atomic E-state index is 13.1. The number of aromatic carboxylic acids is 1. The van der Waals surface area contributed by atoms with Gasteiger partial charge in [-0.15, -0.1) is 0 Å². The predicted molar refractivity (Wildman–Crippen MR) is 97.3 cm³/mol. The van der Waals surface area contributed by atoms with Gasteiger partial charge in [-0.3, -0.25) is 9.69 Å². The second kappa shape index (κ2) is 7.95. The Morgan fingerprint density at radius 2 is 2.04 bits per heavy atom. The summed E-state index contributed by atoms with van der Waals surface area (Å²) in [5, 5.41) is 9.74. The molecule has 0 unspecified atom stereocenters. The van der Waals surface area contributed by atoms with Crippen molar-refractivity contribution in [1.82, 2.24) is 14.5 Å². The van der Waals surface area contributed by atoms with Crippen molar-refractivity contribution in [3.63, 3.8) is 0 Å². The number of aromatic nitrogens is 2. The number of rotatable bonds is 5. The first-order valence-electron chi connectivity index (χ1n) is 8.18. The number of H-pyrrole nitrogens is 1. The standard InChI is InChI=1S/C17H18ClN3O6/c1-26-13-3-2-10(18)8-12(13)21-15(22)11(9-20-4-6-27-7-5-20)14(16(23)24)19-17(21)25/h2-3,8H,4-7,9H2,1H3,(H,19,25)(H,23,24). The maximum absolute atomic E-state index is 13.1. The van der Waals surface area contributed by atoms with Crippen LogP contribution in [0.1, 0.15) is 16.1 Å². The van der Waals surface area contributed by atoms with Crippen molar-refractivity contribution in [2.75, 3.05) is 33.4 Å². The Kier molecular flexibility index (Phi) is 5.64. The molecule has 0 spiro atoms. The fourth-order valence-corrected chi connectivity index (χ4v) is 3.11. The highest BCUT2D eigenvalue weighted by atomic mass is 35.5. The zero-order chi connectivity index (χ0) is 19.6. The summed E-state index contributed by atoms with van der Waals surface area (Å²) < 4.78 is 11.3. The van der Waals surface area contributed by atoms with E-state index >= 15 is 0 Å². The Hall–Kier alpha value is -2.62. The van der Waals surface area contributed by atoms with E-state index in [2.05, 4.69) is 4.98 Å². The molecular weight excluding hydrogens is 378 g/mol. The number of hydrogen-bond acceptors (Lipinski definition) is 6. The van der Waals surface area contributed by atoms with Gasteiger partial charge in [-0.2, -0.15) is 0 Å². The van der Waals surface area contributed by atoms with Gasteiger partial charge in [0, 0.05) is 24.7 Å². The van der Waals surface area contributed by atoms with Crippen LogP contribution in [0, 0.1) is 0 Å². The number of hydrogen-bond donors (Lipinski definition) is 2. The second-order valence-corrected chi connectivity index (χ2v) is 6.37. The van der Waals surface area contributed by atoms with Gasteiger partial charge in [-0.25, -0.2) is 14.2 Å². The minimum absolute atomic E-state index is 0.0222. The molecule has 1 aliphatic heterocycles.